The van der Waals surface area contributed by atoms with Crippen LogP contribution in [0, 0.1) is 12.8 Å². The number of aryl methyl sites for hydroxylation is 2. The van der Waals surface area contributed by atoms with Crippen LogP contribution in [0.3, 0.4) is 0 Å². The summed E-state index contributed by atoms with van der Waals surface area (Å²) in [6.45, 7) is 11.3. The van der Waals surface area contributed by atoms with Gasteiger partial charge in [-0.1, -0.05) is 29.8 Å². The second-order valence-electron chi connectivity index (χ2n) is 9.48. The zero-order valence-corrected chi connectivity index (χ0v) is 19.9. The number of carbonyl (C=O) groups excluding carboxylic acids is 1. The summed E-state index contributed by atoms with van der Waals surface area (Å²) < 4.78 is 2.31. The molecular weight excluding hydrogens is 410 g/mol. The Morgan fingerprint density at radius 3 is 2.52 bits per heavy atom. The second-order valence-corrected chi connectivity index (χ2v) is 9.48. The van der Waals surface area contributed by atoms with Gasteiger partial charge in [0.25, 0.3) is 0 Å². The van der Waals surface area contributed by atoms with Gasteiger partial charge in [0.1, 0.15) is 5.82 Å². The van der Waals surface area contributed by atoms with Crippen molar-refractivity contribution in [1.82, 2.24) is 19.4 Å². The first-order valence-corrected chi connectivity index (χ1v) is 12.4. The molecule has 2 aromatic carbocycles. The lowest BCUT2D eigenvalue weighted by Crippen LogP contribution is -2.52. The number of hydrogen-bond acceptors (Lipinski definition) is 4. The summed E-state index contributed by atoms with van der Waals surface area (Å²) in [4.78, 5) is 25.2. The van der Waals surface area contributed by atoms with Gasteiger partial charge < -0.3 is 14.4 Å². The van der Waals surface area contributed by atoms with Crippen LogP contribution in [0.1, 0.15) is 31.2 Å². The van der Waals surface area contributed by atoms with Gasteiger partial charge in [-0.05, 0) is 57.5 Å². The van der Waals surface area contributed by atoms with Crippen molar-refractivity contribution in [3.63, 3.8) is 0 Å². The van der Waals surface area contributed by atoms with E-state index < -0.39 is 0 Å². The van der Waals surface area contributed by atoms with Crippen LogP contribution in [-0.2, 0) is 17.9 Å². The van der Waals surface area contributed by atoms with Crippen LogP contribution in [0.4, 0.5) is 5.69 Å². The number of benzene rings is 2. The van der Waals surface area contributed by atoms with E-state index in [4.69, 9.17) is 4.98 Å². The molecule has 2 fully saturated rings. The smallest absolute Gasteiger partial charge is 0.227 e. The van der Waals surface area contributed by atoms with Crippen LogP contribution in [0.15, 0.2) is 48.5 Å². The molecule has 3 aromatic rings. The molecule has 0 spiro atoms. The Balaban J connectivity index is 1.20. The normalized spacial score (nSPS) is 19.9. The predicted molar refractivity (Wildman–Crippen MR) is 133 cm³/mol. The van der Waals surface area contributed by atoms with Gasteiger partial charge in [-0.15, -0.1) is 0 Å². The minimum atomic E-state index is 0.101. The van der Waals surface area contributed by atoms with Crippen molar-refractivity contribution in [2.75, 3.05) is 44.2 Å². The van der Waals surface area contributed by atoms with Gasteiger partial charge >= 0.3 is 0 Å². The molecule has 174 valence electrons. The van der Waals surface area contributed by atoms with Crippen LogP contribution in [-0.4, -0.2) is 64.5 Å². The van der Waals surface area contributed by atoms with Gasteiger partial charge in [-0.3, -0.25) is 9.69 Å². The number of piperazine rings is 1. The van der Waals surface area contributed by atoms with Crippen molar-refractivity contribution in [2.24, 2.45) is 5.92 Å². The molecule has 6 nitrogen and oxygen atoms in total. The Kier molecular flexibility index (Phi) is 6.36. The summed E-state index contributed by atoms with van der Waals surface area (Å²) in [6, 6.07) is 17.1. The van der Waals surface area contributed by atoms with Crippen molar-refractivity contribution in [1.29, 1.82) is 0 Å². The first-order valence-electron chi connectivity index (χ1n) is 12.4. The lowest BCUT2D eigenvalue weighted by Gasteiger charge is -2.39. The Bertz CT molecular complexity index is 1100. The molecule has 1 amide bonds. The highest BCUT2D eigenvalue weighted by Crippen LogP contribution is 2.24. The van der Waals surface area contributed by atoms with E-state index in [1.165, 1.54) is 16.8 Å². The fraction of sp³-hybridized carbons (Fsp3) is 0.481. The zero-order chi connectivity index (χ0) is 22.8. The molecule has 0 N–H and O–H groups in total. The number of imidazole rings is 1. The number of hydrogen-bond donors (Lipinski definition) is 0. The van der Waals surface area contributed by atoms with E-state index in [1.807, 2.05) is 6.07 Å². The number of nitrogens with zero attached hydrogens (tertiary/aromatic N) is 5. The van der Waals surface area contributed by atoms with Crippen molar-refractivity contribution >= 4 is 22.6 Å². The van der Waals surface area contributed by atoms with Crippen molar-refractivity contribution in [3.8, 4) is 0 Å². The van der Waals surface area contributed by atoms with Crippen LogP contribution in [0.25, 0.3) is 11.0 Å². The minimum Gasteiger partial charge on any atom is -0.368 e. The molecule has 0 aliphatic carbocycles. The Morgan fingerprint density at radius 2 is 1.76 bits per heavy atom. The monoisotopic (exact) mass is 445 g/mol. The number of anilines is 1. The average molecular weight is 446 g/mol. The van der Waals surface area contributed by atoms with Gasteiger partial charge in [0.05, 0.1) is 23.5 Å². The quantitative estimate of drug-likeness (QED) is 0.597. The number of para-hydroxylation sites is 2. The van der Waals surface area contributed by atoms with E-state index in [1.54, 1.807) is 0 Å². The zero-order valence-electron chi connectivity index (χ0n) is 19.9. The third-order valence-electron chi connectivity index (χ3n) is 7.26. The number of rotatable bonds is 5. The molecule has 1 aromatic heterocycles. The molecule has 3 heterocycles. The van der Waals surface area contributed by atoms with Gasteiger partial charge in [0, 0.05) is 45.0 Å². The Hall–Kier alpha value is -2.86. The molecule has 2 aliphatic rings. The van der Waals surface area contributed by atoms with Crippen LogP contribution >= 0.6 is 0 Å². The van der Waals surface area contributed by atoms with Gasteiger partial charge in [0.15, 0.2) is 0 Å². The summed E-state index contributed by atoms with van der Waals surface area (Å²) in [5.74, 6) is 1.55. The third kappa shape index (κ3) is 4.62. The van der Waals surface area contributed by atoms with Crippen molar-refractivity contribution < 1.29 is 4.79 Å². The van der Waals surface area contributed by atoms with Crippen molar-refractivity contribution in [2.45, 2.75) is 39.8 Å². The maximum Gasteiger partial charge on any atom is 0.227 e. The summed E-state index contributed by atoms with van der Waals surface area (Å²) >= 11 is 0. The summed E-state index contributed by atoms with van der Waals surface area (Å²) in [6.07, 6.45) is 2.07. The van der Waals surface area contributed by atoms with E-state index in [-0.39, 0.29) is 5.92 Å². The fourth-order valence-corrected chi connectivity index (χ4v) is 5.40. The largest absolute Gasteiger partial charge is 0.368 e. The number of piperidine rings is 1. The second kappa shape index (κ2) is 9.56. The SMILES string of the molecule is CCn1c(CN2CCC[C@H](C(=O)N3CCN(c4ccc(C)cc4)CC3)C2)nc2ccccc21. The first-order chi connectivity index (χ1) is 16.1. The summed E-state index contributed by atoms with van der Waals surface area (Å²) in [7, 11) is 0. The fourth-order valence-electron chi connectivity index (χ4n) is 5.40. The lowest BCUT2D eigenvalue weighted by molar-refractivity contribution is -0.137. The topological polar surface area (TPSA) is 44.6 Å². The van der Waals surface area contributed by atoms with E-state index in [2.05, 4.69) is 75.6 Å². The number of fused-ring (bicyclic) bond motifs is 1. The van der Waals surface area contributed by atoms with Crippen LogP contribution in [0.5, 0.6) is 0 Å². The molecule has 2 saturated heterocycles. The highest BCUT2D eigenvalue weighted by molar-refractivity contribution is 5.79. The number of likely N-dealkylation sites (tertiary alicyclic amines) is 1. The molecule has 0 saturated carbocycles. The highest BCUT2D eigenvalue weighted by atomic mass is 16.2. The van der Waals surface area contributed by atoms with E-state index in [0.29, 0.717) is 5.91 Å². The standard InChI is InChI=1S/C27H35N5O/c1-3-32-25-9-5-4-8-24(25)28-26(32)20-29-14-6-7-22(19-29)27(33)31-17-15-30(16-18-31)23-12-10-21(2)11-13-23/h4-5,8-13,22H,3,6-7,14-20H2,1-2H3/t22-/m0/s1. The maximum absolute atomic E-state index is 13.4. The molecule has 0 radical (unpaired) electrons. The summed E-state index contributed by atoms with van der Waals surface area (Å²) in [5.41, 5.74) is 4.80. The molecule has 33 heavy (non-hydrogen) atoms. The van der Waals surface area contributed by atoms with Gasteiger partial charge in [0.2, 0.25) is 5.91 Å². The number of carbonyl (C=O) groups is 1. The molecule has 2 aliphatic heterocycles. The predicted octanol–water partition coefficient (Wildman–Crippen LogP) is 3.93. The molecule has 0 bridgehead atoms. The van der Waals surface area contributed by atoms with E-state index in [0.717, 1.165) is 76.5 Å². The molecule has 0 unspecified atom stereocenters. The number of amides is 1. The van der Waals surface area contributed by atoms with Gasteiger partial charge in [-0.25, -0.2) is 4.98 Å². The van der Waals surface area contributed by atoms with Crippen LogP contribution in [0.2, 0.25) is 0 Å². The summed E-state index contributed by atoms with van der Waals surface area (Å²) in [5, 5.41) is 0. The lowest BCUT2D eigenvalue weighted by atomic mass is 9.96. The molecule has 6 heteroatoms. The van der Waals surface area contributed by atoms with Crippen LogP contribution < -0.4 is 4.90 Å². The molecule has 5 rings (SSSR count). The maximum atomic E-state index is 13.4. The minimum absolute atomic E-state index is 0.101. The van der Waals surface area contributed by atoms with E-state index >= 15 is 0 Å². The molecule has 1 atom stereocenters. The average Bonchev–Trinajstić information content (AvgIpc) is 3.21. The number of aromatic nitrogens is 2. The highest BCUT2D eigenvalue weighted by Gasteiger charge is 2.31. The Labute approximate surface area is 196 Å². The van der Waals surface area contributed by atoms with Gasteiger partial charge in [-0.2, -0.15) is 0 Å². The third-order valence-corrected chi connectivity index (χ3v) is 7.26. The molecular formula is C27H35N5O. The first kappa shape index (κ1) is 22.0. The van der Waals surface area contributed by atoms with Crippen molar-refractivity contribution in [3.05, 3.63) is 59.9 Å². The van der Waals surface area contributed by atoms with E-state index in [9.17, 15) is 4.79 Å². The Morgan fingerprint density at radius 1 is 1.00 bits per heavy atom.